The number of rotatable bonds is 5. The van der Waals surface area contributed by atoms with Crippen molar-refractivity contribution in [2.45, 2.75) is 20.0 Å². The third-order valence-corrected chi connectivity index (χ3v) is 2.99. The molecule has 1 heterocycles. The minimum Gasteiger partial charge on any atom is -0.311 e. The lowest BCUT2D eigenvalue weighted by molar-refractivity contribution is 0.580. The van der Waals surface area contributed by atoms with Crippen molar-refractivity contribution in [2.24, 2.45) is 0 Å². The van der Waals surface area contributed by atoms with Gasteiger partial charge >= 0.3 is 0 Å². The zero-order valence-electron chi connectivity index (χ0n) is 10.2. The summed E-state index contributed by atoms with van der Waals surface area (Å²) < 4.78 is 15.3. The van der Waals surface area contributed by atoms with Gasteiger partial charge in [-0.15, -0.1) is 0 Å². The second kappa shape index (κ2) is 5.98. The van der Waals surface area contributed by atoms with E-state index in [4.69, 9.17) is 11.6 Å². The smallest absolute Gasteiger partial charge is 0.129 e. The third kappa shape index (κ3) is 3.09. The van der Waals surface area contributed by atoms with E-state index in [9.17, 15) is 4.39 Å². The number of halogens is 2. The largest absolute Gasteiger partial charge is 0.311 e. The van der Waals surface area contributed by atoms with Gasteiger partial charge in [-0.05, 0) is 24.7 Å². The highest BCUT2D eigenvalue weighted by molar-refractivity contribution is 6.31. The molecular formula is C13H15ClFN3. The second-order valence-corrected chi connectivity index (χ2v) is 4.39. The van der Waals surface area contributed by atoms with Crippen molar-refractivity contribution in [1.82, 2.24) is 15.1 Å². The molecule has 1 aromatic carbocycles. The molecule has 0 saturated carbocycles. The van der Waals surface area contributed by atoms with Crippen LogP contribution in [0.15, 0.2) is 30.5 Å². The van der Waals surface area contributed by atoms with Gasteiger partial charge in [0.2, 0.25) is 0 Å². The van der Waals surface area contributed by atoms with Crippen molar-refractivity contribution >= 4 is 11.6 Å². The predicted octanol–water partition coefficient (Wildman–Crippen LogP) is 2.83. The van der Waals surface area contributed by atoms with Gasteiger partial charge in [0.05, 0.1) is 12.2 Å². The quantitative estimate of drug-likeness (QED) is 0.903. The van der Waals surface area contributed by atoms with Gasteiger partial charge in [-0.3, -0.25) is 4.68 Å². The molecule has 3 nitrogen and oxygen atoms in total. The average molecular weight is 268 g/mol. The Kier molecular flexibility index (Phi) is 4.33. The number of nitrogens with one attached hydrogen (secondary N) is 1. The molecule has 0 aliphatic carbocycles. The van der Waals surface area contributed by atoms with Crippen molar-refractivity contribution in [1.29, 1.82) is 0 Å². The minimum absolute atomic E-state index is 0.300. The normalized spacial score (nSPS) is 10.8. The van der Waals surface area contributed by atoms with Gasteiger partial charge in [0, 0.05) is 23.3 Å². The van der Waals surface area contributed by atoms with E-state index >= 15 is 0 Å². The van der Waals surface area contributed by atoms with Crippen LogP contribution in [0, 0.1) is 5.82 Å². The van der Waals surface area contributed by atoms with Gasteiger partial charge in [-0.25, -0.2) is 4.39 Å². The number of hydrogen-bond acceptors (Lipinski definition) is 2. The van der Waals surface area contributed by atoms with Crippen LogP contribution in [0.3, 0.4) is 0 Å². The molecule has 0 fully saturated rings. The Morgan fingerprint density at radius 1 is 1.39 bits per heavy atom. The maximum absolute atomic E-state index is 13.6. The molecule has 0 amide bonds. The lowest BCUT2D eigenvalue weighted by atomic mass is 10.2. The van der Waals surface area contributed by atoms with Crippen LogP contribution in [0.4, 0.5) is 4.39 Å². The molecule has 5 heteroatoms. The van der Waals surface area contributed by atoms with E-state index in [2.05, 4.69) is 10.4 Å². The molecule has 0 radical (unpaired) electrons. The number of aromatic nitrogens is 2. The molecule has 2 rings (SSSR count). The topological polar surface area (TPSA) is 29.9 Å². The Labute approximate surface area is 111 Å². The molecule has 0 bridgehead atoms. The lowest BCUT2D eigenvalue weighted by Crippen LogP contribution is -2.13. The minimum atomic E-state index is -0.300. The van der Waals surface area contributed by atoms with E-state index in [-0.39, 0.29) is 5.82 Å². The fourth-order valence-electron chi connectivity index (χ4n) is 1.68. The zero-order chi connectivity index (χ0) is 13.0. The fraction of sp³-hybridized carbons (Fsp3) is 0.308. The van der Waals surface area contributed by atoms with E-state index < -0.39 is 0 Å². The molecule has 0 aliphatic heterocycles. The maximum Gasteiger partial charge on any atom is 0.129 e. The first-order chi connectivity index (χ1) is 8.70. The molecule has 0 saturated heterocycles. The summed E-state index contributed by atoms with van der Waals surface area (Å²) in [6, 6.07) is 6.60. The van der Waals surface area contributed by atoms with Crippen LogP contribution in [0.25, 0.3) is 0 Å². The van der Waals surface area contributed by atoms with Gasteiger partial charge in [0.25, 0.3) is 0 Å². The second-order valence-electron chi connectivity index (χ2n) is 3.99. The van der Waals surface area contributed by atoms with Gasteiger partial charge in [-0.2, -0.15) is 5.10 Å². The fourth-order valence-corrected chi connectivity index (χ4v) is 1.91. The van der Waals surface area contributed by atoms with E-state index in [1.807, 2.05) is 19.2 Å². The number of benzene rings is 1. The van der Waals surface area contributed by atoms with Crippen molar-refractivity contribution in [3.8, 4) is 0 Å². The summed E-state index contributed by atoms with van der Waals surface area (Å²) in [5.74, 6) is -0.300. The van der Waals surface area contributed by atoms with Crippen molar-refractivity contribution in [3.05, 3.63) is 52.6 Å². The molecule has 1 N–H and O–H groups in total. The highest BCUT2D eigenvalue weighted by Gasteiger charge is 2.08. The predicted molar refractivity (Wildman–Crippen MR) is 70.1 cm³/mol. The SMILES string of the molecule is CCNCc1ccn(Cc2c(F)cccc2Cl)n1. The van der Waals surface area contributed by atoms with Crippen LogP contribution in [0.5, 0.6) is 0 Å². The summed E-state index contributed by atoms with van der Waals surface area (Å²) in [4.78, 5) is 0. The van der Waals surface area contributed by atoms with Gasteiger partial charge < -0.3 is 5.32 Å². The summed E-state index contributed by atoms with van der Waals surface area (Å²) in [6.45, 7) is 3.99. The van der Waals surface area contributed by atoms with Crippen LogP contribution in [0.1, 0.15) is 18.2 Å². The molecular weight excluding hydrogens is 253 g/mol. The van der Waals surface area contributed by atoms with Crippen molar-refractivity contribution in [3.63, 3.8) is 0 Å². The molecule has 2 aromatic rings. The lowest BCUT2D eigenvalue weighted by Gasteiger charge is -2.06. The van der Waals surface area contributed by atoms with Crippen LogP contribution in [-0.2, 0) is 13.1 Å². The van der Waals surface area contributed by atoms with E-state index in [1.54, 1.807) is 16.8 Å². The molecule has 0 aliphatic rings. The van der Waals surface area contributed by atoms with Crippen molar-refractivity contribution < 1.29 is 4.39 Å². The van der Waals surface area contributed by atoms with Gasteiger partial charge in [0.15, 0.2) is 0 Å². The average Bonchev–Trinajstić information content (AvgIpc) is 2.79. The summed E-state index contributed by atoms with van der Waals surface area (Å²) in [5.41, 5.74) is 1.40. The summed E-state index contributed by atoms with van der Waals surface area (Å²) in [5, 5.41) is 7.97. The summed E-state index contributed by atoms with van der Waals surface area (Å²) in [6.07, 6.45) is 1.83. The number of hydrogen-bond donors (Lipinski definition) is 1. The molecule has 0 atom stereocenters. The molecule has 18 heavy (non-hydrogen) atoms. The Bertz CT molecular complexity index is 504. The molecule has 0 unspecified atom stereocenters. The monoisotopic (exact) mass is 267 g/mol. The summed E-state index contributed by atoms with van der Waals surface area (Å²) in [7, 11) is 0. The molecule has 0 spiro atoms. The molecule has 96 valence electrons. The van der Waals surface area contributed by atoms with Crippen LogP contribution in [0.2, 0.25) is 5.02 Å². The summed E-state index contributed by atoms with van der Waals surface area (Å²) >= 11 is 5.98. The standard InChI is InChI=1S/C13H15ClFN3/c1-2-16-8-10-6-7-18(17-10)9-11-12(14)4-3-5-13(11)15/h3-7,16H,2,8-9H2,1H3. The first-order valence-electron chi connectivity index (χ1n) is 5.86. The van der Waals surface area contributed by atoms with Crippen LogP contribution < -0.4 is 5.32 Å². The maximum atomic E-state index is 13.6. The first kappa shape index (κ1) is 13.1. The van der Waals surface area contributed by atoms with E-state index in [1.165, 1.54) is 6.07 Å². The van der Waals surface area contributed by atoms with E-state index in [0.717, 1.165) is 12.2 Å². The highest BCUT2D eigenvalue weighted by atomic mass is 35.5. The van der Waals surface area contributed by atoms with Crippen molar-refractivity contribution in [2.75, 3.05) is 6.54 Å². The highest BCUT2D eigenvalue weighted by Crippen LogP contribution is 2.19. The van der Waals surface area contributed by atoms with Crippen LogP contribution in [-0.4, -0.2) is 16.3 Å². The van der Waals surface area contributed by atoms with Crippen LogP contribution >= 0.6 is 11.6 Å². The van der Waals surface area contributed by atoms with E-state index in [0.29, 0.717) is 23.7 Å². The Hall–Kier alpha value is -1.39. The molecule has 1 aromatic heterocycles. The zero-order valence-corrected chi connectivity index (χ0v) is 10.9. The first-order valence-corrected chi connectivity index (χ1v) is 6.24. The Morgan fingerprint density at radius 3 is 2.94 bits per heavy atom. The number of nitrogens with zero attached hydrogens (tertiary/aromatic N) is 2. The van der Waals surface area contributed by atoms with Gasteiger partial charge in [0.1, 0.15) is 5.82 Å². The Balaban J connectivity index is 2.11. The third-order valence-electron chi connectivity index (χ3n) is 2.63. The Morgan fingerprint density at radius 2 is 2.22 bits per heavy atom. The van der Waals surface area contributed by atoms with Gasteiger partial charge in [-0.1, -0.05) is 24.6 Å².